The molecule has 0 bridgehead atoms. The third-order valence-electron chi connectivity index (χ3n) is 3.06. The van der Waals surface area contributed by atoms with E-state index >= 15 is 0 Å². The number of alkyl halides is 2. The monoisotopic (exact) mass is 412 g/mol. The molecule has 1 saturated carbocycles. The van der Waals surface area contributed by atoms with E-state index < -0.39 is 13.0 Å². The second-order valence-corrected chi connectivity index (χ2v) is 4.69. The molecule has 0 aliphatic heterocycles. The summed E-state index contributed by atoms with van der Waals surface area (Å²) in [6, 6.07) is 3.92. The molecule has 1 aromatic heterocycles. The largest absolute Gasteiger partial charge is 0.471 e. The summed E-state index contributed by atoms with van der Waals surface area (Å²) in [5.74, 6) is 0.620. The summed E-state index contributed by atoms with van der Waals surface area (Å²) in [6.45, 7) is -0.416. The van der Waals surface area contributed by atoms with Gasteiger partial charge in [-0.15, -0.1) is 24.0 Å². The van der Waals surface area contributed by atoms with Gasteiger partial charge >= 0.3 is 0 Å². The summed E-state index contributed by atoms with van der Waals surface area (Å²) < 4.78 is 29.3. The Hall–Kier alpha value is -1.19. The van der Waals surface area contributed by atoms with Crippen molar-refractivity contribution in [2.45, 2.75) is 31.9 Å². The number of nitrogens with two attached hydrogens (primary N) is 1. The Morgan fingerprint density at radius 2 is 2.29 bits per heavy atom. The molecule has 1 aromatic rings. The quantitative estimate of drug-likeness (QED) is 0.443. The normalized spacial score (nSPS) is 14.8. The standard InChI is InChI=1S/C13H18F2N4O.HI/c1-19(10-4-5-10)13(16)18-7-9-3-2-6-17-12(9)20-8-11(14)15;/h2-3,6,10-11H,4-5,7-8H2,1H3,(H2,16,18);1H. The van der Waals surface area contributed by atoms with E-state index in [1.165, 1.54) is 6.20 Å². The van der Waals surface area contributed by atoms with Crippen LogP contribution in [0.4, 0.5) is 8.78 Å². The number of ether oxygens (including phenoxy) is 1. The van der Waals surface area contributed by atoms with Gasteiger partial charge in [-0.3, -0.25) is 0 Å². The predicted octanol–water partition coefficient (Wildman–Crippen LogP) is 2.25. The van der Waals surface area contributed by atoms with Gasteiger partial charge in [0.1, 0.15) is 0 Å². The molecule has 21 heavy (non-hydrogen) atoms. The van der Waals surface area contributed by atoms with Gasteiger partial charge < -0.3 is 15.4 Å². The van der Waals surface area contributed by atoms with Crippen molar-refractivity contribution in [3.05, 3.63) is 23.9 Å². The molecule has 0 saturated heterocycles. The topological polar surface area (TPSA) is 63.7 Å². The van der Waals surface area contributed by atoms with Crippen LogP contribution in [0.15, 0.2) is 23.3 Å². The van der Waals surface area contributed by atoms with Crippen LogP contribution in [-0.2, 0) is 6.54 Å². The summed E-state index contributed by atoms with van der Waals surface area (Å²) in [5, 5.41) is 0. The molecule has 2 N–H and O–H groups in total. The van der Waals surface area contributed by atoms with E-state index in [0.717, 1.165) is 12.8 Å². The molecule has 118 valence electrons. The van der Waals surface area contributed by atoms with Crippen molar-refractivity contribution in [1.29, 1.82) is 0 Å². The van der Waals surface area contributed by atoms with Crippen molar-refractivity contribution >= 4 is 29.9 Å². The van der Waals surface area contributed by atoms with E-state index in [1.807, 2.05) is 11.9 Å². The van der Waals surface area contributed by atoms with Crippen LogP contribution in [0.2, 0.25) is 0 Å². The molecule has 8 heteroatoms. The molecule has 1 heterocycles. The third-order valence-corrected chi connectivity index (χ3v) is 3.06. The maximum atomic E-state index is 12.2. The number of guanidine groups is 1. The van der Waals surface area contributed by atoms with E-state index in [9.17, 15) is 8.78 Å². The van der Waals surface area contributed by atoms with Crippen LogP contribution in [-0.4, -0.2) is 42.0 Å². The van der Waals surface area contributed by atoms with Crippen molar-refractivity contribution < 1.29 is 13.5 Å². The molecule has 0 aromatic carbocycles. The lowest BCUT2D eigenvalue weighted by molar-refractivity contribution is 0.0791. The molecular weight excluding hydrogens is 393 g/mol. The van der Waals surface area contributed by atoms with Crippen molar-refractivity contribution in [2.24, 2.45) is 10.7 Å². The maximum Gasteiger partial charge on any atom is 0.272 e. The number of aromatic nitrogens is 1. The van der Waals surface area contributed by atoms with Crippen LogP contribution in [0.25, 0.3) is 0 Å². The number of rotatable bonds is 6. The number of hydrogen-bond acceptors (Lipinski definition) is 3. The van der Waals surface area contributed by atoms with Crippen LogP contribution in [0, 0.1) is 0 Å². The van der Waals surface area contributed by atoms with E-state index in [0.29, 0.717) is 17.6 Å². The second-order valence-electron chi connectivity index (χ2n) is 4.69. The number of aliphatic imine (C=N–C) groups is 1. The van der Waals surface area contributed by atoms with Crippen LogP contribution in [0.5, 0.6) is 5.88 Å². The Morgan fingerprint density at radius 3 is 2.90 bits per heavy atom. The van der Waals surface area contributed by atoms with Gasteiger partial charge in [0.2, 0.25) is 5.88 Å². The Labute approximate surface area is 139 Å². The molecule has 0 amide bonds. The highest BCUT2D eigenvalue weighted by atomic mass is 127. The molecule has 0 atom stereocenters. The molecular formula is C13H19F2IN4O. The highest BCUT2D eigenvalue weighted by molar-refractivity contribution is 14.0. The first-order valence-electron chi connectivity index (χ1n) is 6.45. The first-order valence-corrected chi connectivity index (χ1v) is 6.45. The molecule has 0 radical (unpaired) electrons. The Balaban J connectivity index is 0.00000220. The number of nitrogens with zero attached hydrogens (tertiary/aromatic N) is 3. The Kier molecular flexibility index (Phi) is 7.06. The average molecular weight is 412 g/mol. The van der Waals surface area contributed by atoms with Crippen molar-refractivity contribution in [1.82, 2.24) is 9.88 Å². The second kappa shape index (κ2) is 8.30. The third kappa shape index (κ3) is 5.60. The average Bonchev–Trinajstić information content (AvgIpc) is 3.27. The lowest BCUT2D eigenvalue weighted by Crippen LogP contribution is -2.35. The number of hydrogen-bond donors (Lipinski definition) is 1. The molecule has 1 aliphatic rings. The van der Waals surface area contributed by atoms with Gasteiger partial charge in [-0.25, -0.2) is 18.8 Å². The zero-order valence-electron chi connectivity index (χ0n) is 11.7. The van der Waals surface area contributed by atoms with E-state index in [2.05, 4.69) is 9.98 Å². The van der Waals surface area contributed by atoms with Crippen LogP contribution >= 0.6 is 24.0 Å². The molecule has 5 nitrogen and oxygen atoms in total. The van der Waals surface area contributed by atoms with Crippen LogP contribution in [0.3, 0.4) is 0 Å². The minimum absolute atomic E-state index is 0. The lowest BCUT2D eigenvalue weighted by Gasteiger charge is -2.17. The SMILES string of the molecule is CN(C(N)=NCc1cccnc1OCC(F)F)C1CC1.I. The minimum Gasteiger partial charge on any atom is -0.471 e. The van der Waals surface area contributed by atoms with Crippen molar-refractivity contribution in [2.75, 3.05) is 13.7 Å². The highest BCUT2D eigenvalue weighted by Gasteiger charge is 2.27. The maximum absolute atomic E-state index is 12.2. The molecule has 0 spiro atoms. The molecule has 1 fully saturated rings. The summed E-state index contributed by atoms with van der Waals surface area (Å²) >= 11 is 0. The Bertz CT molecular complexity index is 483. The summed E-state index contributed by atoms with van der Waals surface area (Å²) in [7, 11) is 1.90. The van der Waals surface area contributed by atoms with Gasteiger partial charge in [-0.2, -0.15) is 0 Å². The van der Waals surface area contributed by atoms with Gasteiger partial charge in [-0.1, -0.05) is 6.07 Å². The summed E-state index contributed by atoms with van der Waals surface area (Å²) in [6.07, 6.45) is 1.22. The highest BCUT2D eigenvalue weighted by Crippen LogP contribution is 2.25. The summed E-state index contributed by atoms with van der Waals surface area (Å²) in [4.78, 5) is 10.1. The zero-order chi connectivity index (χ0) is 14.5. The first kappa shape index (κ1) is 17.9. The minimum atomic E-state index is -2.53. The number of halogens is 3. The predicted molar refractivity (Wildman–Crippen MR) is 87.3 cm³/mol. The van der Waals surface area contributed by atoms with Gasteiger partial charge in [-0.05, 0) is 18.9 Å². The molecule has 2 rings (SSSR count). The van der Waals surface area contributed by atoms with Crippen molar-refractivity contribution in [3.8, 4) is 5.88 Å². The van der Waals surface area contributed by atoms with E-state index in [1.54, 1.807) is 12.1 Å². The number of pyridine rings is 1. The fourth-order valence-electron chi connectivity index (χ4n) is 1.74. The summed E-state index contributed by atoms with van der Waals surface area (Å²) in [5.41, 5.74) is 6.51. The first-order chi connectivity index (χ1) is 9.58. The fraction of sp³-hybridized carbons (Fsp3) is 0.538. The molecule has 1 aliphatic carbocycles. The van der Waals surface area contributed by atoms with Crippen LogP contribution < -0.4 is 10.5 Å². The van der Waals surface area contributed by atoms with E-state index in [-0.39, 0.29) is 36.4 Å². The van der Waals surface area contributed by atoms with Gasteiger partial charge in [0.15, 0.2) is 12.6 Å². The fourth-order valence-corrected chi connectivity index (χ4v) is 1.74. The van der Waals surface area contributed by atoms with Gasteiger partial charge in [0, 0.05) is 24.8 Å². The lowest BCUT2D eigenvalue weighted by atomic mass is 10.3. The Morgan fingerprint density at radius 1 is 1.57 bits per heavy atom. The smallest absolute Gasteiger partial charge is 0.272 e. The molecule has 0 unspecified atom stereocenters. The van der Waals surface area contributed by atoms with Crippen molar-refractivity contribution in [3.63, 3.8) is 0 Å². The van der Waals surface area contributed by atoms with Crippen LogP contribution in [0.1, 0.15) is 18.4 Å². The van der Waals surface area contributed by atoms with Gasteiger partial charge in [0.25, 0.3) is 6.43 Å². The van der Waals surface area contributed by atoms with E-state index in [4.69, 9.17) is 10.5 Å². The zero-order valence-corrected chi connectivity index (χ0v) is 14.0. The van der Waals surface area contributed by atoms with Gasteiger partial charge in [0.05, 0.1) is 6.54 Å².